The van der Waals surface area contributed by atoms with E-state index in [1.165, 1.54) is 13.8 Å². The highest BCUT2D eigenvalue weighted by molar-refractivity contribution is 8.00. The minimum absolute atomic E-state index is 0.0191. The van der Waals surface area contributed by atoms with Crippen molar-refractivity contribution >= 4 is 82.4 Å². The molecule has 1 aliphatic heterocycles. The lowest BCUT2D eigenvalue weighted by Crippen LogP contribution is -2.48. The number of carboxylic acid groups (broad SMARTS) is 2. The lowest BCUT2D eigenvalue weighted by Gasteiger charge is -2.20. The van der Waals surface area contributed by atoms with Crippen LogP contribution in [-0.2, 0) is 57.5 Å². The average Bonchev–Trinajstić information content (AvgIpc) is 3.57. The molecule has 1 aliphatic rings. The summed E-state index contributed by atoms with van der Waals surface area (Å²) in [5, 5.41) is 54.0. The summed E-state index contributed by atoms with van der Waals surface area (Å²) >= 11 is 0.854. The molecule has 0 aliphatic carbocycles. The van der Waals surface area contributed by atoms with Gasteiger partial charge in [-0.15, -0.1) is 11.8 Å². The van der Waals surface area contributed by atoms with E-state index in [1.54, 1.807) is 0 Å². The number of rotatable bonds is 40. The molecule has 1 saturated heterocycles. The van der Waals surface area contributed by atoms with Crippen molar-refractivity contribution in [3.63, 3.8) is 0 Å². The van der Waals surface area contributed by atoms with E-state index in [-0.39, 0.29) is 94.4 Å². The number of hydrogen-bond donors (Lipinski definition) is 8. The van der Waals surface area contributed by atoms with Gasteiger partial charge < -0.3 is 26.6 Å². The number of amides is 7. The molecular formula is C45H73N7O17S. The number of nitrogens with two attached hydrogens (primary N) is 1. The van der Waals surface area contributed by atoms with Crippen LogP contribution in [0.15, 0.2) is 0 Å². The van der Waals surface area contributed by atoms with Crippen LogP contribution in [0.25, 0.3) is 0 Å². The van der Waals surface area contributed by atoms with Gasteiger partial charge in [0.2, 0.25) is 41.4 Å². The van der Waals surface area contributed by atoms with E-state index in [9.17, 15) is 78.3 Å². The van der Waals surface area contributed by atoms with E-state index in [4.69, 9.17) is 10.8 Å². The molecule has 0 radical (unpaired) electrons. The topological polar surface area (TPSA) is 369 Å². The van der Waals surface area contributed by atoms with E-state index < -0.39 is 89.3 Å². The minimum Gasteiger partial charge on any atom is -0.481 e. The third-order valence-electron chi connectivity index (χ3n) is 11.3. The van der Waals surface area contributed by atoms with Crippen molar-refractivity contribution in [3.05, 3.63) is 0 Å². The van der Waals surface area contributed by atoms with Gasteiger partial charge in [0.25, 0.3) is 0 Å². The molecule has 0 aromatic rings. The van der Waals surface area contributed by atoms with Crippen molar-refractivity contribution < 1.29 is 83.4 Å². The molecule has 0 spiro atoms. The van der Waals surface area contributed by atoms with Crippen LogP contribution < -0.4 is 16.4 Å². The second-order valence-electron chi connectivity index (χ2n) is 17.3. The summed E-state index contributed by atoms with van der Waals surface area (Å²) in [5.74, 6) is -9.51. The SMILES string of the molecule is CC(=O)N(O)CCCCCCC(=O)CCC(=O)N(O)CCCCCNC(=O)CCC(=O)N(O)CCCCCCC(=O)CCN1C(=O)CC(SC[C@H](CC(=O)[C@H](CC(=O)O)NC(=O)[C@H](C)N)C(=O)O)C1=O. The molecule has 70 heavy (non-hydrogen) atoms. The Balaban J connectivity index is 2.21. The monoisotopic (exact) mass is 1020 g/mol. The number of imide groups is 1. The normalized spacial score (nSPS) is 14.6. The van der Waals surface area contributed by atoms with Crippen LogP contribution in [0.5, 0.6) is 0 Å². The first kappa shape index (κ1) is 62.6. The van der Waals surface area contributed by atoms with E-state index in [1.807, 2.05) is 0 Å². The second-order valence-corrected chi connectivity index (χ2v) is 18.5. The first-order chi connectivity index (χ1) is 33.0. The Morgan fingerprint density at radius 1 is 0.686 bits per heavy atom. The fourth-order valence-electron chi connectivity index (χ4n) is 6.95. The maximum absolute atomic E-state index is 13.0. The van der Waals surface area contributed by atoms with Gasteiger partial charge in [0, 0.05) is 103 Å². The third kappa shape index (κ3) is 27.1. The van der Waals surface area contributed by atoms with Gasteiger partial charge in [0.05, 0.1) is 29.7 Å². The van der Waals surface area contributed by atoms with Crippen molar-refractivity contribution in [1.82, 2.24) is 30.7 Å². The van der Waals surface area contributed by atoms with Crippen LogP contribution in [0.4, 0.5) is 0 Å². The maximum atomic E-state index is 13.0. The minimum atomic E-state index is -1.52. The summed E-state index contributed by atoms with van der Waals surface area (Å²) in [6.07, 6.45) is 4.64. The molecule has 0 aromatic carbocycles. The number of hydroxylamine groups is 6. The first-order valence-corrected chi connectivity index (χ1v) is 24.8. The van der Waals surface area contributed by atoms with Crippen molar-refractivity contribution in [2.45, 2.75) is 166 Å². The molecule has 1 heterocycles. The Labute approximate surface area is 411 Å². The summed E-state index contributed by atoms with van der Waals surface area (Å²) < 4.78 is 0. The van der Waals surface area contributed by atoms with E-state index in [0.717, 1.165) is 29.5 Å². The smallest absolute Gasteiger partial charge is 0.307 e. The number of carboxylic acids is 2. The Morgan fingerprint density at radius 2 is 1.20 bits per heavy atom. The van der Waals surface area contributed by atoms with Crippen LogP contribution in [0.2, 0.25) is 0 Å². The largest absolute Gasteiger partial charge is 0.481 e. The van der Waals surface area contributed by atoms with E-state index in [2.05, 4.69) is 10.6 Å². The molecule has 396 valence electrons. The number of carbonyl (C=O) groups is 12. The molecule has 7 amide bonds. The number of carbonyl (C=O) groups excluding carboxylic acids is 10. The number of aliphatic carboxylic acids is 2. The van der Waals surface area contributed by atoms with Crippen molar-refractivity contribution in [1.29, 1.82) is 0 Å². The van der Waals surface area contributed by atoms with Gasteiger partial charge in [-0.3, -0.25) is 78.1 Å². The third-order valence-corrected chi connectivity index (χ3v) is 12.6. The predicted octanol–water partition coefficient (Wildman–Crippen LogP) is 1.76. The molecule has 9 N–H and O–H groups in total. The van der Waals surface area contributed by atoms with E-state index in [0.29, 0.717) is 85.9 Å². The number of thioether (sulfide) groups is 1. The van der Waals surface area contributed by atoms with Gasteiger partial charge in [0.1, 0.15) is 11.6 Å². The molecule has 0 bridgehead atoms. The van der Waals surface area contributed by atoms with Crippen LogP contribution in [0, 0.1) is 5.92 Å². The molecule has 1 fully saturated rings. The second kappa shape index (κ2) is 34.8. The Kier molecular flexibility index (Phi) is 31.2. The Hall–Kier alpha value is -5.37. The summed E-state index contributed by atoms with van der Waals surface area (Å²) in [5.41, 5.74) is 5.47. The van der Waals surface area contributed by atoms with Gasteiger partial charge in [-0.25, -0.2) is 15.2 Å². The summed E-state index contributed by atoms with van der Waals surface area (Å²) in [7, 11) is 0. The van der Waals surface area contributed by atoms with Crippen LogP contribution in [-0.4, -0.2) is 172 Å². The Bertz CT molecular complexity index is 1800. The number of Topliss-reactive ketones (excluding diaryl/α,β-unsaturated/α-hetero) is 3. The highest BCUT2D eigenvalue weighted by atomic mass is 32.2. The molecule has 1 rings (SSSR count). The molecule has 1 unspecified atom stereocenters. The summed E-state index contributed by atoms with van der Waals surface area (Å²) in [6, 6.07) is -2.57. The van der Waals surface area contributed by atoms with Crippen molar-refractivity contribution in [2.75, 3.05) is 38.5 Å². The molecular weight excluding hydrogens is 943 g/mol. The first-order valence-electron chi connectivity index (χ1n) is 23.8. The van der Waals surface area contributed by atoms with Gasteiger partial charge in [0.15, 0.2) is 5.78 Å². The molecule has 4 atom stereocenters. The molecule has 24 nitrogen and oxygen atoms in total. The fourth-order valence-corrected chi connectivity index (χ4v) is 8.20. The van der Waals surface area contributed by atoms with Gasteiger partial charge in [-0.05, 0) is 51.9 Å². The zero-order valence-corrected chi connectivity index (χ0v) is 41.1. The molecule has 0 saturated carbocycles. The quantitative estimate of drug-likeness (QED) is 0.0188. The lowest BCUT2D eigenvalue weighted by atomic mass is 9.98. The number of unbranched alkanes of at least 4 members (excludes halogenated alkanes) is 8. The number of ketones is 3. The number of likely N-dealkylation sites (tertiary alicyclic amines) is 1. The maximum Gasteiger partial charge on any atom is 0.307 e. The average molecular weight is 1020 g/mol. The summed E-state index contributed by atoms with van der Waals surface area (Å²) in [4.78, 5) is 147. The number of nitrogens with zero attached hydrogens (tertiary/aromatic N) is 4. The van der Waals surface area contributed by atoms with Gasteiger partial charge >= 0.3 is 11.9 Å². The molecule has 0 aromatic heterocycles. The van der Waals surface area contributed by atoms with Gasteiger partial charge in [-0.2, -0.15) is 0 Å². The van der Waals surface area contributed by atoms with Crippen LogP contribution >= 0.6 is 11.8 Å². The van der Waals surface area contributed by atoms with Crippen molar-refractivity contribution in [2.24, 2.45) is 11.7 Å². The number of nitrogens with one attached hydrogen (secondary N) is 2. The highest BCUT2D eigenvalue weighted by Crippen LogP contribution is 2.28. The standard InChI is InChI=1S/C45H73N7O17S/c1-30(46)43(63)48-35(27-42(61)62)36(56)26-32(45(65)66)29-70-37-28-41(60)49(44(37)64)25-20-34(55)15-9-4-6-12-23-52(69)40(59)19-17-38(57)47-21-10-7-13-24-51(68)39(58)18-16-33(54)14-8-3-5-11-22-50(67)31(2)53/h30,32,35,37,67-69H,3-29,46H2,1-2H3,(H,47,57)(H,48,63)(H,61,62)(H,65,66)/t30-,32-,35-,37?/m0/s1. The fraction of sp³-hybridized carbons (Fsp3) is 0.733. The van der Waals surface area contributed by atoms with E-state index >= 15 is 0 Å². The Morgan fingerprint density at radius 3 is 1.73 bits per heavy atom. The van der Waals surface area contributed by atoms with Crippen molar-refractivity contribution in [3.8, 4) is 0 Å². The zero-order valence-electron chi connectivity index (χ0n) is 40.3. The predicted molar refractivity (Wildman–Crippen MR) is 248 cm³/mol. The van der Waals surface area contributed by atoms with Crippen LogP contribution in [0.3, 0.4) is 0 Å². The van der Waals surface area contributed by atoms with Crippen LogP contribution in [0.1, 0.15) is 149 Å². The summed E-state index contributed by atoms with van der Waals surface area (Å²) in [6.45, 7) is 3.05. The molecule has 25 heteroatoms. The zero-order chi connectivity index (χ0) is 52.8. The van der Waals surface area contributed by atoms with Gasteiger partial charge in [-0.1, -0.05) is 25.7 Å². The number of hydrogen-bond acceptors (Lipinski definition) is 17. The lowest BCUT2D eigenvalue weighted by molar-refractivity contribution is -0.166. The highest BCUT2D eigenvalue weighted by Gasteiger charge is 2.40.